The average Bonchev–Trinajstić information content (AvgIpc) is 2.58. The summed E-state index contributed by atoms with van der Waals surface area (Å²) in [5, 5.41) is 2.78. The number of amides is 1. The van der Waals surface area contributed by atoms with Gasteiger partial charge in [-0.3, -0.25) is 4.79 Å². The van der Waals surface area contributed by atoms with Crippen LogP contribution in [0.4, 0.5) is 15.8 Å². The maximum absolute atomic E-state index is 13.8. The molecule has 2 N–H and O–H groups in total. The number of rotatable bonds is 4. The van der Waals surface area contributed by atoms with E-state index in [0.29, 0.717) is 0 Å². The average molecular weight is 328 g/mol. The highest BCUT2D eigenvalue weighted by molar-refractivity contribution is 5.88. The van der Waals surface area contributed by atoms with Crippen molar-refractivity contribution in [2.45, 2.75) is 13.5 Å². The number of halogens is 1. The van der Waals surface area contributed by atoms with Gasteiger partial charge in [0, 0.05) is 23.9 Å². The van der Waals surface area contributed by atoms with Crippen LogP contribution in [0.3, 0.4) is 0 Å². The fourth-order valence-corrected chi connectivity index (χ4v) is 3.13. The summed E-state index contributed by atoms with van der Waals surface area (Å²) in [5.41, 5.74) is 2.77. The van der Waals surface area contributed by atoms with Crippen LogP contribution in [0.25, 0.3) is 0 Å². The lowest BCUT2D eigenvalue weighted by Crippen LogP contribution is -3.13. The molecule has 2 aromatic carbocycles. The third-order valence-corrected chi connectivity index (χ3v) is 4.42. The summed E-state index contributed by atoms with van der Waals surface area (Å²) in [6.45, 7) is 6.11. The van der Waals surface area contributed by atoms with Crippen molar-refractivity contribution in [3.05, 3.63) is 59.9 Å². The lowest BCUT2D eigenvalue weighted by atomic mass is 10.1. The van der Waals surface area contributed by atoms with Crippen LogP contribution in [0.15, 0.2) is 48.5 Å². The molecule has 3 rings (SSSR count). The fourth-order valence-electron chi connectivity index (χ4n) is 3.13. The molecule has 0 saturated carbocycles. The highest BCUT2D eigenvalue weighted by Gasteiger charge is 2.21. The Labute approximate surface area is 141 Å². The number of nitrogens with zero attached hydrogens (tertiary/aromatic N) is 1. The Balaban J connectivity index is 1.55. The van der Waals surface area contributed by atoms with Gasteiger partial charge in [-0.15, -0.1) is 0 Å². The van der Waals surface area contributed by atoms with Crippen molar-refractivity contribution < 1.29 is 14.1 Å². The molecule has 0 bridgehead atoms. The van der Waals surface area contributed by atoms with Gasteiger partial charge >= 0.3 is 0 Å². The second-order valence-electron chi connectivity index (χ2n) is 6.23. The number of carbonyl (C=O) groups excluding carboxylic acids is 1. The van der Waals surface area contributed by atoms with Crippen LogP contribution < -0.4 is 15.1 Å². The van der Waals surface area contributed by atoms with E-state index in [-0.39, 0.29) is 11.7 Å². The summed E-state index contributed by atoms with van der Waals surface area (Å²) in [7, 11) is 0. The summed E-state index contributed by atoms with van der Waals surface area (Å²) >= 11 is 0. The maximum Gasteiger partial charge on any atom is 0.221 e. The SMILES string of the molecule is CC(=O)Nc1ccc(N2CC[NH+](Cc3ccccc3F)CC2)cc1. The Kier molecular flexibility index (Phi) is 5.11. The normalized spacial score (nSPS) is 15.3. The van der Waals surface area contributed by atoms with Gasteiger partial charge in [0.05, 0.1) is 26.2 Å². The smallest absolute Gasteiger partial charge is 0.221 e. The molecule has 0 spiro atoms. The van der Waals surface area contributed by atoms with Crippen LogP contribution >= 0.6 is 0 Å². The quantitative estimate of drug-likeness (QED) is 0.896. The number of quaternary nitrogens is 1. The van der Waals surface area contributed by atoms with Gasteiger partial charge in [0.1, 0.15) is 12.4 Å². The molecule has 24 heavy (non-hydrogen) atoms. The van der Waals surface area contributed by atoms with Crippen molar-refractivity contribution in [1.82, 2.24) is 0 Å². The minimum Gasteiger partial charge on any atom is -0.360 e. The topological polar surface area (TPSA) is 36.8 Å². The number of carbonyl (C=O) groups is 1. The Hall–Kier alpha value is -2.40. The molecule has 0 radical (unpaired) electrons. The van der Waals surface area contributed by atoms with E-state index in [1.165, 1.54) is 17.9 Å². The molecule has 2 aromatic rings. The van der Waals surface area contributed by atoms with Gasteiger partial charge in [-0.1, -0.05) is 18.2 Å². The third kappa shape index (κ3) is 4.11. The number of hydrogen-bond donors (Lipinski definition) is 2. The van der Waals surface area contributed by atoms with Crippen molar-refractivity contribution in [1.29, 1.82) is 0 Å². The second kappa shape index (κ2) is 7.45. The van der Waals surface area contributed by atoms with Crippen LogP contribution in [-0.2, 0) is 11.3 Å². The van der Waals surface area contributed by atoms with Crippen molar-refractivity contribution in [2.75, 3.05) is 36.4 Å². The first kappa shape index (κ1) is 16.5. The van der Waals surface area contributed by atoms with E-state index < -0.39 is 0 Å². The molecule has 5 heteroatoms. The van der Waals surface area contributed by atoms with E-state index in [4.69, 9.17) is 0 Å². The first-order valence-electron chi connectivity index (χ1n) is 8.31. The summed E-state index contributed by atoms with van der Waals surface area (Å²) in [4.78, 5) is 14.8. The molecule has 1 heterocycles. The zero-order chi connectivity index (χ0) is 16.9. The monoisotopic (exact) mass is 328 g/mol. The molecule has 1 aliphatic heterocycles. The number of piperazine rings is 1. The molecule has 1 aliphatic rings. The summed E-state index contributed by atoms with van der Waals surface area (Å²) in [6, 6.07) is 14.9. The van der Waals surface area contributed by atoms with Crippen molar-refractivity contribution in [3.63, 3.8) is 0 Å². The first-order chi connectivity index (χ1) is 11.6. The van der Waals surface area contributed by atoms with Gasteiger partial charge in [0.2, 0.25) is 5.91 Å². The fraction of sp³-hybridized carbons (Fsp3) is 0.316. The lowest BCUT2D eigenvalue weighted by Gasteiger charge is -2.33. The summed E-state index contributed by atoms with van der Waals surface area (Å²) in [5.74, 6) is -0.172. The van der Waals surface area contributed by atoms with Gasteiger partial charge < -0.3 is 15.1 Å². The van der Waals surface area contributed by atoms with Crippen molar-refractivity contribution in [2.24, 2.45) is 0 Å². The third-order valence-electron chi connectivity index (χ3n) is 4.42. The Morgan fingerprint density at radius 1 is 1.12 bits per heavy atom. The van der Waals surface area contributed by atoms with Crippen LogP contribution in [0.1, 0.15) is 12.5 Å². The molecule has 0 aromatic heterocycles. The minimum atomic E-state index is -0.110. The van der Waals surface area contributed by atoms with E-state index in [1.807, 2.05) is 36.4 Å². The number of benzene rings is 2. The number of nitrogens with one attached hydrogen (secondary N) is 2. The molecule has 0 aliphatic carbocycles. The number of hydrogen-bond acceptors (Lipinski definition) is 2. The van der Waals surface area contributed by atoms with Gasteiger partial charge in [0.25, 0.3) is 0 Å². The van der Waals surface area contributed by atoms with Crippen LogP contribution in [0.5, 0.6) is 0 Å². The largest absolute Gasteiger partial charge is 0.360 e. The van der Waals surface area contributed by atoms with E-state index in [9.17, 15) is 9.18 Å². The standard InChI is InChI=1S/C19H22FN3O/c1-15(24)21-17-6-8-18(9-7-17)23-12-10-22(11-13-23)14-16-4-2-3-5-19(16)20/h2-9H,10-14H2,1H3,(H,21,24)/p+1. The van der Waals surface area contributed by atoms with Crippen molar-refractivity contribution in [3.8, 4) is 0 Å². The molecule has 0 unspecified atom stereocenters. The molecule has 1 amide bonds. The zero-order valence-electron chi connectivity index (χ0n) is 13.9. The maximum atomic E-state index is 13.8. The molecular formula is C19H23FN3O+. The lowest BCUT2D eigenvalue weighted by molar-refractivity contribution is -0.914. The molecule has 1 saturated heterocycles. The Bertz CT molecular complexity index is 694. The molecular weight excluding hydrogens is 305 g/mol. The first-order valence-corrected chi connectivity index (χ1v) is 8.31. The van der Waals surface area contributed by atoms with E-state index in [0.717, 1.165) is 49.7 Å². The van der Waals surface area contributed by atoms with Crippen LogP contribution in [-0.4, -0.2) is 32.1 Å². The van der Waals surface area contributed by atoms with Crippen LogP contribution in [0, 0.1) is 5.82 Å². The molecule has 1 fully saturated rings. The van der Waals surface area contributed by atoms with E-state index in [2.05, 4.69) is 10.2 Å². The van der Waals surface area contributed by atoms with Gasteiger partial charge in [0.15, 0.2) is 0 Å². The van der Waals surface area contributed by atoms with E-state index >= 15 is 0 Å². The van der Waals surface area contributed by atoms with Gasteiger partial charge in [-0.25, -0.2) is 4.39 Å². The number of anilines is 2. The van der Waals surface area contributed by atoms with Gasteiger partial charge in [-0.05, 0) is 30.3 Å². The zero-order valence-corrected chi connectivity index (χ0v) is 13.9. The predicted octanol–water partition coefficient (Wildman–Crippen LogP) is 1.69. The Morgan fingerprint density at radius 2 is 1.79 bits per heavy atom. The van der Waals surface area contributed by atoms with Crippen molar-refractivity contribution >= 4 is 17.3 Å². The molecule has 126 valence electrons. The summed E-state index contributed by atoms with van der Waals surface area (Å²) < 4.78 is 13.8. The molecule has 4 nitrogen and oxygen atoms in total. The highest BCUT2D eigenvalue weighted by atomic mass is 19.1. The Morgan fingerprint density at radius 3 is 2.42 bits per heavy atom. The molecule has 0 atom stereocenters. The van der Waals surface area contributed by atoms with Gasteiger partial charge in [-0.2, -0.15) is 0 Å². The second-order valence-corrected chi connectivity index (χ2v) is 6.23. The van der Waals surface area contributed by atoms with Crippen LogP contribution in [0.2, 0.25) is 0 Å². The highest BCUT2D eigenvalue weighted by Crippen LogP contribution is 2.18. The minimum absolute atomic E-state index is 0.0619. The summed E-state index contributed by atoms with van der Waals surface area (Å²) in [6.07, 6.45) is 0. The van der Waals surface area contributed by atoms with E-state index in [1.54, 1.807) is 6.07 Å². The predicted molar refractivity (Wildman–Crippen MR) is 93.8 cm³/mol.